The summed E-state index contributed by atoms with van der Waals surface area (Å²) in [5, 5.41) is 5.20. The van der Waals surface area contributed by atoms with Gasteiger partial charge in [0.25, 0.3) is 0 Å². The highest BCUT2D eigenvalue weighted by Gasteiger charge is 2.37. The molecule has 0 aliphatic heterocycles. The number of alkyl carbamates (subject to hydrolysis) is 1. The van der Waals surface area contributed by atoms with Crippen LogP contribution in [-0.2, 0) is 19.1 Å². The van der Waals surface area contributed by atoms with Crippen molar-refractivity contribution in [3.8, 4) is 12.3 Å². The maximum atomic E-state index is 13.6. The standard InChI is InChI=1S/C25H34N4O5/c1-8-14-29(23(32)19(15-20(26)30)28-24(33)34-25(5,6)7)21(22(31)27-16(3)4)18-13-11-10-12-17(18)9-2/h2,8,10-13,16,19,21H,1,14-15H2,3-7H3,(H2,26,30)(H,27,31)(H,28,33). The summed E-state index contributed by atoms with van der Waals surface area (Å²) in [5.41, 5.74) is 5.33. The van der Waals surface area contributed by atoms with Crippen molar-refractivity contribution in [2.45, 2.75) is 64.8 Å². The van der Waals surface area contributed by atoms with E-state index in [4.69, 9.17) is 16.9 Å². The molecule has 0 radical (unpaired) electrons. The normalized spacial score (nSPS) is 12.6. The fourth-order valence-corrected chi connectivity index (χ4v) is 3.19. The van der Waals surface area contributed by atoms with Crippen LogP contribution in [0.2, 0.25) is 0 Å². The van der Waals surface area contributed by atoms with Crippen molar-refractivity contribution in [2.24, 2.45) is 5.73 Å². The highest BCUT2D eigenvalue weighted by Crippen LogP contribution is 2.26. The lowest BCUT2D eigenvalue weighted by Gasteiger charge is -2.34. The molecular formula is C25H34N4O5. The predicted octanol–water partition coefficient (Wildman–Crippen LogP) is 2.02. The molecule has 34 heavy (non-hydrogen) atoms. The van der Waals surface area contributed by atoms with Gasteiger partial charge in [0.15, 0.2) is 0 Å². The molecule has 1 aromatic rings. The molecule has 4 N–H and O–H groups in total. The van der Waals surface area contributed by atoms with Crippen LogP contribution < -0.4 is 16.4 Å². The fraction of sp³-hybridized carbons (Fsp3) is 0.440. The lowest BCUT2D eigenvalue weighted by molar-refractivity contribution is -0.142. The molecule has 9 heteroatoms. The summed E-state index contributed by atoms with van der Waals surface area (Å²) in [5.74, 6) is 0.507. The number of nitrogens with two attached hydrogens (primary N) is 1. The van der Waals surface area contributed by atoms with Crippen molar-refractivity contribution < 1.29 is 23.9 Å². The number of hydrogen-bond donors (Lipinski definition) is 3. The van der Waals surface area contributed by atoms with Crippen LogP contribution in [0.25, 0.3) is 0 Å². The molecule has 0 aliphatic rings. The van der Waals surface area contributed by atoms with Gasteiger partial charge in [-0.15, -0.1) is 13.0 Å². The van der Waals surface area contributed by atoms with E-state index in [1.54, 1.807) is 58.9 Å². The van der Waals surface area contributed by atoms with Gasteiger partial charge in [-0.25, -0.2) is 4.79 Å². The van der Waals surface area contributed by atoms with E-state index in [-0.39, 0.29) is 12.6 Å². The summed E-state index contributed by atoms with van der Waals surface area (Å²) < 4.78 is 5.22. The molecule has 0 aromatic heterocycles. The highest BCUT2D eigenvalue weighted by atomic mass is 16.6. The summed E-state index contributed by atoms with van der Waals surface area (Å²) in [7, 11) is 0. The third-order valence-corrected chi connectivity index (χ3v) is 4.41. The van der Waals surface area contributed by atoms with Gasteiger partial charge in [-0.3, -0.25) is 14.4 Å². The van der Waals surface area contributed by atoms with E-state index in [0.29, 0.717) is 11.1 Å². The van der Waals surface area contributed by atoms with Crippen LogP contribution >= 0.6 is 0 Å². The van der Waals surface area contributed by atoms with Crippen LogP contribution in [0, 0.1) is 12.3 Å². The van der Waals surface area contributed by atoms with Gasteiger partial charge in [0.05, 0.1) is 6.42 Å². The van der Waals surface area contributed by atoms with E-state index < -0.39 is 47.9 Å². The van der Waals surface area contributed by atoms with Gasteiger partial charge >= 0.3 is 6.09 Å². The second-order valence-corrected chi connectivity index (χ2v) is 8.95. The van der Waals surface area contributed by atoms with Crippen molar-refractivity contribution in [1.82, 2.24) is 15.5 Å². The molecule has 9 nitrogen and oxygen atoms in total. The first-order chi connectivity index (χ1) is 15.8. The molecule has 184 valence electrons. The van der Waals surface area contributed by atoms with Crippen molar-refractivity contribution in [3.63, 3.8) is 0 Å². The first kappa shape index (κ1) is 28.2. The van der Waals surface area contributed by atoms with Gasteiger partial charge in [-0.05, 0) is 46.2 Å². The van der Waals surface area contributed by atoms with E-state index in [1.807, 2.05) is 0 Å². The maximum absolute atomic E-state index is 13.6. The maximum Gasteiger partial charge on any atom is 0.408 e. The molecule has 0 aliphatic carbocycles. The number of amides is 4. The topological polar surface area (TPSA) is 131 Å². The smallest absolute Gasteiger partial charge is 0.408 e. The molecule has 2 atom stereocenters. The number of primary amides is 1. The number of carbonyl (C=O) groups is 4. The van der Waals surface area contributed by atoms with Gasteiger partial charge in [-0.2, -0.15) is 0 Å². The zero-order valence-corrected chi connectivity index (χ0v) is 20.4. The Morgan fingerprint density at radius 2 is 1.82 bits per heavy atom. The number of nitrogens with one attached hydrogen (secondary N) is 2. The largest absolute Gasteiger partial charge is 0.444 e. The molecule has 0 fully saturated rings. The average Bonchev–Trinajstić information content (AvgIpc) is 2.70. The van der Waals surface area contributed by atoms with E-state index in [1.165, 1.54) is 11.0 Å². The number of ether oxygens (including phenoxy) is 1. The minimum absolute atomic E-state index is 0.0703. The summed E-state index contributed by atoms with van der Waals surface area (Å²) in [6.07, 6.45) is 5.68. The number of hydrogen-bond acceptors (Lipinski definition) is 5. The Kier molecular flexibility index (Phi) is 10.3. The van der Waals surface area contributed by atoms with Crippen LogP contribution in [-0.4, -0.2) is 52.9 Å². The van der Waals surface area contributed by atoms with E-state index in [0.717, 1.165) is 0 Å². The Morgan fingerprint density at radius 1 is 1.21 bits per heavy atom. The SMILES string of the molecule is C#Cc1ccccc1C(C(=O)NC(C)C)N(CC=C)C(=O)C(CC(N)=O)NC(=O)OC(C)(C)C. The van der Waals surface area contributed by atoms with Crippen LogP contribution in [0.15, 0.2) is 36.9 Å². The van der Waals surface area contributed by atoms with Crippen molar-refractivity contribution in [3.05, 3.63) is 48.0 Å². The molecular weight excluding hydrogens is 436 g/mol. The molecule has 0 spiro atoms. The van der Waals surface area contributed by atoms with Crippen molar-refractivity contribution in [2.75, 3.05) is 6.54 Å². The second-order valence-electron chi connectivity index (χ2n) is 8.95. The van der Waals surface area contributed by atoms with E-state index >= 15 is 0 Å². The quantitative estimate of drug-likeness (QED) is 0.356. The minimum atomic E-state index is -1.38. The van der Waals surface area contributed by atoms with Crippen molar-refractivity contribution in [1.29, 1.82) is 0 Å². The lowest BCUT2D eigenvalue weighted by Crippen LogP contribution is -2.54. The Bertz CT molecular complexity index is 959. The Hall–Kier alpha value is -3.80. The number of nitrogens with zero attached hydrogens (tertiary/aromatic N) is 1. The number of benzene rings is 1. The molecule has 0 heterocycles. The first-order valence-electron chi connectivity index (χ1n) is 10.9. The summed E-state index contributed by atoms with van der Waals surface area (Å²) in [6.45, 7) is 12.1. The zero-order chi connectivity index (χ0) is 26.1. The molecule has 4 amide bonds. The Morgan fingerprint density at radius 3 is 2.32 bits per heavy atom. The molecule has 0 bridgehead atoms. The van der Waals surface area contributed by atoms with Crippen molar-refractivity contribution >= 4 is 23.8 Å². The number of carbonyl (C=O) groups excluding carboxylic acids is 4. The number of terminal acetylenes is 1. The zero-order valence-electron chi connectivity index (χ0n) is 20.4. The molecule has 0 saturated heterocycles. The van der Waals surface area contributed by atoms with E-state index in [2.05, 4.69) is 23.1 Å². The summed E-state index contributed by atoms with van der Waals surface area (Å²) >= 11 is 0. The third kappa shape index (κ3) is 8.62. The average molecular weight is 471 g/mol. The van der Waals surface area contributed by atoms with Gasteiger partial charge < -0.3 is 26.0 Å². The Balaban J connectivity index is 3.53. The van der Waals surface area contributed by atoms with Crippen LogP contribution in [0.5, 0.6) is 0 Å². The van der Waals surface area contributed by atoms with Crippen LogP contribution in [0.3, 0.4) is 0 Å². The molecule has 2 unspecified atom stereocenters. The van der Waals surface area contributed by atoms with Crippen LogP contribution in [0.1, 0.15) is 58.2 Å². The number of rotatable bonds is 10. The Labute approximate surface area is 201 Å². The van der Waals surface area contributed by atoms with Gasteiger partial charge in [0.1, 0.15) is 17.7 Å². The third-order valence-electron chi connectivity index (χ3n) is 4.41. The molecule has 1 aromatic carbocycles. The minimum Gasteiger partial charge on any atom is -0.444 e. The monoisotopic (exact) mass is 470 g/mol. The van der Waals surface area contributed by atoms with Crippen LogP contribution in [0.4, 0.5) is 4.79 Å². The van der Waals surface area contributed by atoms with Gasteiger partial charge in [0.2, 0.25) is 17.7 Å². The fourth-order valence-electron chi connectivity index (χ4n) is 3.19. The predicted molar refractivity (Wildman–Crippen MR) is 129 cm³/mol. The first-order valence-corrected chi connectivity index (χ1v) is 10.9. The lowest BCUT2D eigenvalue weighted by atomic mass is 9.97. The van der Waals surface area contributed by atoms with Gasteiger partial charge in [-0.1, -0.05) is 30.2 Å². The summed E-state index contributed by atoms with van der Waals surface area (Å²) in [4.78, 5) is 52.2. The second kappa shape index (κ2) is 12.4. The summed E-state index contributed by atoms with van der Waals surface area (Å²) in [6, 6.07) is 3.96. The van der Waals surface area contributed by atoms with Gasteiger partial charge in [0, 0.05) is 18.2 Å². The molecule has 1 rings (SSSR count). The molecule has 0 saturated carbocycles. The van der Waals surface area contributed by atoms with E-state index in [9.17, 15) is 19.2 Å². The highest BCUT2D eigenvalue weighted by molar-refractivity contribution is 5.95.